The minimum atomic E-state index is -3.30. The van der Waals surface area contributed by atoms with Gasteiger partial charge in [-0.3, -0.25) is 0 Å². The fourth-order valence-corrected chi connectivity index (χ4v) is 3.22. The van der Waals surface area contributed by atoms with Gasteiger partial charge in [0.15, 0.2) is 9.84 Å². The molecular weight excluding hydrogens is 250 g/mol. The van der Waals surface area contributed by atoms with E-state index in [2.05, 4.69) is 13.8 Å². The number of sulfone groups is 1. The predicted molar refractivity (Wildman–Crippen MR) is 73.5 cm³/mol. The van der Waals surface area contributed by atoms with E-state index in [9.17, 15) is 8.42 Å². The Labute approximate surface area is 109 Å². The second-order valence-electron chi connectivity index (χ2n) is 4.77. The normalized spacial score (nSPS) is 11.8. The summed E-state index contributed by atoms with van der Waals surface area (Å²) in [4.78, 5) is 0.225. The number of nitrogens with two attached hydrogens (primary N) is 1. The fourth-order valence-electron chi connectivity index (χ4n) is 1.73. The smallest absolute Gasteiger partial charge is 0.182 e. The van der Waals surface area contributed by atoms with Gasteiger partial charge in [-0.1, -0.05) is 13.8 Å². The summed E-state index contributed by atoms with van der Waals surface area (Å²) in [5, 5.41) is 0. The highest BCUT2D eigenvalue weighted by molar-refractivity contribution is 7.91. The zero-order valence-electron chi connectivity index (χ0n) is 11.1. The summed E-state index contributed by atoms with van der Waals surface area (Å²) in [6.45, 7) is 4.16. The van der Waals surface area contributed by atoms with Gasteiger partial charge in [0.2, 0.25) is 0 Å². The standard InChI is InChI=1S/C13H21NO3S/c1-10(2)5-4-8-18(15,16)13-7-6-11(14)9-12(13)17-3/h6-7,9-10H,4-5,8,14H2,1-3H3. The summed E-state index contributed by atoms with van der Waals surface area (Å²) in [6, 6.07) is 4.63. The van der Waals surface area contributed by atoms with E-state index in [0.29, 0.717) is 23.8 Å². The molecule has 0 bridgehead atoms. The van der Waals surface area contributed by atoms with Crippen LogP contribution in [0, 0.1) is 5.92 Å². The molecule has 0 aliphatic heterocycles. The van der Waals surface area contributed by atoms with Gasteiger partial charge in [-0.2, -0.15) is 0 Å². The van der Waals surface area contributed by atoms with Crippen LogP contribution in [-0.4, -0.2) is 21.3 Å². The highest BCUT2D eigenvalue weighted by Gasteiger charge is 2.19. The van der Waals surface area contributed by atoms with Crippen LogP contribution in [0.1, 0.15) is 26.7 Å². The van der Waals surface area contributed by atoms with Crippen molar-refractivity contribution in [2.24, 2.45) is 5.92 Å². The van der Waals surface area contributed by atoms with Crippen LogP contribution < -0.4 is 10.5 Å². The van der Waals surface area contributed by atoms with Gasteiger partial charge in [0.25, 0.3) is 0 Å². The molecule has 1 aromatic rings. The molecule has 0 spiro atoms. The Morgan fingerprint density at radius 1 is 1.33 bits per heavy atom. The molecule has 2 N–H and O–H groups in total. The lowest BCUT2D eigenvalue weighted by Crippen LogP contribution is -2.09. The van der Waals surface area contributed by atoms with Crippen LogP contribution in [0.4, 0.5) is 5.69 Å². The summed E-state index contributed by atoms with van der Waals surface area (Å²) in [5.41, 5.74) is 6.10. The van der Waals surface area contributed by atoms with Gasteiger partial charge in [0, 0.05) is 11.8 Å². The Kier molecular flexibility index (Phi) is 5.02. The Bertz CT molecular complexity index is 495. The van der Waals surface area contributed by atoms with Gasteiger partial charge in [0.05, 0.1) is 12.9 Å². The Balaban J connectivity index is 2.91. The maximum absolute atomic E-state index is 12.2. The molecule has 0 aliphatic carbocycles. The average molecular weight is 271 g/mol. The summed E-state index contributed by atoms with van der Waals surface area (Å²) in [7, 11) is -1.85. The number of methoxy groups -OCH3 is 1. The molecule has 0 amide bonds. The number of anilines is 1. The number of benzene rings is 1. The van der Waals surface area contributed by atoms with Crippen LogP contribution in [0.3, 0.4) is 0 Å². The first-order chi connectivity index (χ1) is 8.36. The Morgan fingerprint density at radius 2 is 2.00 bits per heavy atom. The molecular formula is C13H21NO3S. The van der Waals surface area contributed by atoms with Crippen LogP contribution in [0.2, 0.25) is 0 Å². The number of hydrogen-bond donors (Lipinski definition) is 1. The molecule has 18 heavy (non-hydrogen) atoms. The average Bonchev–Trinajstić information content (AvgIpc) is 2.27. The summed E-state index contributed by atoms with van der Waals surface area (Å²) in [5.74, 6) is 0.971. The van der Waals surface area contributed by atoms with E-state index in [1.165, 1.54) is 19.2 Å². The largest absolute Gasteiger partial charge is 0.495 e. The van der Waals surface area contributed by atoms with Gasteiger partial charge in [0.1, 0.15) is 10.6 Å². The van der Waals surface area contributed by atoms with Crippen molar-refractivity contribution in [3.8, 4) is 5.75 Å². The van der Waals surface area contributed by atoms with Crippen molar-refractivity contribution >= 4 is 15.5 Å². The van der Waals surface area contributed by atoms with Crippen molar-refractivity contribution in [2.75, 3.05) is 18.6 Å². The minimum absolute atomic E-state index is 0.144. The maximum Gasteiger partial charge on any atom is 0.182 e. The molecule has 0 radical (unpaired) electrons. The van der Waals surface area contributed by atoms with Gasteiger partial charge < -0.3 is 10.5 Å². The molecule has 0 unspecified atom stereocenters. The lowest BCUT2D eigenvalue weighted by molar-refractivity contribution is 0.403. The molecule has 102 valence electrons. The molecule has 0 fully saturated rings. The summed E-state index contributed by atoms with van der Waals surface area (Å²) < 4.78 is 29.4. The SMILES string of the molecule is COc1cc(N)ccc1S(=O)(=O)CCCC(C)C. The van der Waals surface area contributed by atoms with Crippen LogP contribution in [0.5, 0.6) is 5.75 Å². The van der Waals surface area contributed by atoms with E-state index in [1.54, 1.807) is 6.07 Å². The van der Waals surface area contributed by atoms with Crippen molar-refractivity contribution < 1.29 is 13.2 Å². The molecule has 0 saturated heterocycles. The monoisotopic (exact) mass is 271 g/mol. The number of nitrogen functional groups attached to an aromatic ring is 1. The van der Waals surface area contributed by atoms with Crippen molar-refractivity contribution in [1.29, 1.82) is 0 Å². The molecule has 4 nitrogen and oxygen atoms in total. The molecule has 0 aromatic heterocycles. The molecule has 0 heterocycles. The fraction of sp³-hybridized carbons (Fsp3) is 0.538. The third-order valence-electron chi connectivity index (χ3n) is 2.72. The first-order valence-corrected chi connectivity index (χ1v) is 7.68. The highest BCUT2D eigenvalue weighted by Crippen LogP contribution is 2.27. The first-order valence-electron chi connectivity index (χ1n) is 6.03. The highest BCUT2D eigenvalue weighted by atomic mass is 32.2. The summed E-state index contributed by atoms with van der Waals surface area (Å²) >= 11 is 0. The van der Waals surface area contributed by atoms with Crippen molar-refractivity contribution in [1.82, 2.24) is 0 Å². The second-order valence-corrected chi connectivity index (χ2v) is 6.84. The Morgan fingerprint density at radius 3 is 2.56 bits per heavy atom. The zero-order valence-corrected chi connectivity index (χ0v) is 12.0. The van der Waals surface area contributed by atoms with Crippen molar-refractivity contribution in [2.45, 2.75) is 31.6 Å². The van der Waals surface area contributed by atoms with Crippen molar-refractivity contribution in [3.63, 3.8) is 0 Å². The maximum atomic E-state index is 12.2. The third-order valence-corrected chi connectivity index (χ3v) is 4.55. The van der Waals surface area contributed by atoms with E-state index in [4.69, 9.17) is 10.5 Å². The van der Waals surface area contributed by atoms with Gasteiger partial charge in [-0.15, -0.1) is 0 Å². The first kappa shape index (κ1) is 14.8. The van der Waals surface area contributed by atoms with E-state index < -0.39 is 9.84 Å². The van der Waals surface area contributed by atoms with Crippen LogP contribution >= 0.6 is 0 Å². The van der Waals surface area contributed by atoms with E-state index in [0.717, 1.165) is 6.42 Å². The number of ether oxygens (including phenoxy) is 1. The summed E-state index contributed by atoms with van der Waals surface area (Å²) in [6.07, 6.45) is 1.56. The number of rotatable bonds is 6. The quantitative estimate of drug-likeness (QED) is 0.807. The van der Waals surface area contributed by atoms with E-state index in [-0.39, 0.29) is 10.6 Å². The van der Waals surface area contributed by atoms with Gasteiger partial charge in [-0.25, -0.2) is 8.42 Å². The van der Waals surface area contributed by atoms with E-state index >= 15 is 0 Å². The number of hydrogen-bond acceptors (Lipinski definition) is 4. The molecule has 0 atom stereocenters. The topological polar surface area (TPSA) is 69.4 Å². The molecule has 1 aromatic carbocycles. The minimum Gasteiger partial charge on any atom is -0.495 e. The predicted octanol–water partition coefficient (Wildman–Crippen LogP) is 2.49. The third kappa shape index (κ3) is 3.91. The lowest BCUT2D eigenvalue weighted by Gasteiger charge is -2.10. The lowest BCUT2D eigenvalue weighted by atomic mass is 10.1. The van der Waals surface area contributed by atoms with Gasteiger partial charge >= 0.3 is 0 Å². The molecule has 0 aliphatic rings. The van der Waals surface area contributed by atoms with Crippen LogP contribution in [0.15, 0.2) is 23.1 Å². The second kappa shape index (κ2) is 6.09. The molecule has 5 heteroatoms. The molecule has 0 saturated carbocycles. The van der Waals surface area contributed by atoms with Crippen LogP contribution in [-0.2, 0) is 9.84 Å². The Hall–Kier alpha value is -1.23. The van der Waals surface area contributed by atoms with Crippen LogP contribution in [0.25, 0.3) is 0 Å². The molecule has 1 rings (SSSR count). The zero-order chi connectivity index (χ0) is 13.8. The van der Waals surface area contributed by atoms with Gasteiger partial charge in [-0.05, 0) is 30.9 Å². The van der Waals surface area contributed by atoms with Crippen molar-refractivity contribution in [3.05, 3.63) is 18.2 Å². The van der Waals surface area contributed by atoms with E-state index in [1.807, 2.05) is 0 Å².